The molecule has 0 atom stereocenters. The molecule has 0 aromatic heterocycles. The van der Waals surface area contributed by atoms with E-state index in [1.807, 2.05) is 24.3 Å². The highest BCUT2D eigenvalue weighted by Crippen LogP contribution is 2.44. The van der Waals surface area contributed by atoms with Gasteiger partial charge < -0.3 is 14.2 Å². The number of amides is 1. The van der Waals surface area contributed by atoms with Gasteiger partial charge in [0.05, 0.1) is 6.61 Å². The van der Waals surface area contributed by atoms with Gasteiger partial charge in [0.25, 0.3) is 0 Å². The van der Waals surface area contributed by atoms with Gasteiger partial charge in [-0.05, 0) is 41.3 Å². The van der Waals surface area contributed by atoms with Gasteiger partial charge in [0.1, 0.15) is 12.4 Å². The summed E-state index contributed by atoms with van der Waals surface area (Å²) in [5, 5.41) is 2.71. The van der Waals surface area contributed by atoms with Crippen molar-refractivity contribution in [1.82, 2.24) is 0 Å². The Hall–Kier alpha value is -3.80. The maximum absolute atomic E-state index is 12.4. The second-order valence-corrected chi connectivity index (χ2v) is 7.07. The van der Waals surface area contributed by atoms with Crippen LogP contribution in [0.4, 0.5) is 10.5 Å². The van der Waals surface area contributed by atoms with E-state index >= 15 is 0 Å². The zero-order valence-electron chi connectivity index (χ0n) is 17.2. The number of fused-ring (bicyclic) bond motifs is 3. The van der Waals surface area contributed by atoms with Crippen LogP contribution in [0.15, 0.2) is 72.8 Å². The monoisotopic (exact) mass is 417 g/mol. The van der Waals surface area contributed by atoms with Crippen molar-refractivity contribution in [2.24, 2.45) is 0 Å². The summed E-state index contributed by atoms with van der Waals surface area (Å²) >= 11 is 0. The number of rotatable bonds is 7. The molecule has 3 aromatic rings. The fourth-order valence-electron chi connectivity index (χ4n) is 3.76. The molecule has 0 fully saturated rings. The van der Waals surface area contributed by atoms with E-state index in [2.05, 4.69) is 29.6 Å². The van der Waals surface area contributed by atoms with Gasteiger partial charge in [0, 0.05) is 17.7 Å². The van der Waals surface area contributed by atoms with Crippen LogP contribution in [0.25, 0.3) is 11.1 Å². The smallest absolute Gasteiger partial charge is 0.411 e. The van der Waals surface area contributed by atoms with E-state index in [0.717, 1.165) is 11.1 Å². The van der Waals surface area contributed by atoms with Gasteiger partial charge >= 0.3 is 12.1 Å². The second kappa shape index (κ2) is 9.34. The Labute approximate surface area is 180 Å². The molecule has 0 heterocycles. The lowest BCUT2D eigenvalue weighted by atomic mass is 9.98. The number of nitrogens with one attached hydrogen (secondary N) is 1. The van der Waals surface area contributed by atoms with Crippen LogP contribution in [0, 0.1) is 0 Å². The minimum absolute atomic E-state index is 0.00241. The molecule has 1 aliphatic rings. The molecule has 0 unspecified atom stereocenters. The minimum Gasteiger partial charge on any atom is -0.482 e. The van der Waals surface area contributed by atoms with Crippen molar-refractivity contribution in [2.75, 3.05) is 25.1 Å². The average Bonchev–Trinajstić information content (AvgIpc) is 3.11. The Morgan fingerprint density at radius 3 is 2.23 bits per heavy atom. The first-order chi connectivity index (χ1) is 15.2. The van der Waals surface area contributed by atoms with Crippen molar-refractivity contribution in [3.8, 4) is 16.9 Å². The van der Waals surface area contributed by atoms with Gasteiger partial charge in [-0.2, -0.15) is 0 Å². The lowest BCUT2D eigenvalue weighted by Crippen LogP contribution is -2.18. The number of carbonyl (C=O) groups excluding carboxylic acids is 2. The summed E-state index contributed by atoms with van der Waals surface area (Å²) in [6.07, 6.45) is -0.551. The molecule has 31 heavy (non-hydrogen) atoms. The van der Waals surface area contributed by atoms with E-state index in [9.17, 15) is 9.59 Å². The Kier molecular flexibility index (Phi) is 6.17. The van der Waals surface area contributed by atoms with Crippen LogP contribution in [0.3, 0.4) is 0 Å². The molecule has 0 radical (unpaired) electrons. The molecular formula is C25H23NO5. The van der Waals surface area contributed by atoms with Crippen LogP contribution in [-0.4, -0.2) is 31.9 Å². The molecule has 1 amide bonds. The van der Waals surface area contributed by atoms with Gasteiger partial charge in [0.15, 0.2) is 6.61 Å². The summed E-state index contributed by atoms with van der Waals surface area (Å²) < 4.78 is 15.8. The highest BCUT2D eigenvalue weighted by Gasteiger charge is 2.29. The molecule has 158 valence electrons. The standard InChI is InChI=1S/C25H23NO5/c1-2-29-24(27)16-30-18-9-7-8-17(14-18)26-25(28)31-15-23-21-12-5-3-10-19(21)20-11-4-6-13-22(20)23/h3-14,23H,2,15-16H2,1H3,(H,26,28). The topological polar surface area (TPSA) is 73.9 Å². The minimum atomic E-state index is -0.551. The summed E-state index contributed by atoms with van der Waals surface area (Å²) in [7, 11) is 0. The van der Waals surface area contributed by atoms with Crippen molar-refractivity contribution in [2.45, 2.75) is 12.8 Å². The number of esters is 1. The van der Waals surface area contributed by atoms with Crippen LogP contribution in [0.5, 0.6) is 5.75 Å². The lowest BCUT2D eigenvalue weighted by molar-refractivity contribution is -0.145. The molecular weight excluding hydrogens is 394 g/mol. The van der Waals surface area contributed by atoms with Crippen LogP contribution in [0.1, 0.15) is 24.0 Å². The molecule has 3 aromatic carbocycles. The third kappa shape index (κ3) is 4.69. The quantitative estimate of drug-likeness (QED) is 0.548. The van der Waals surface area contributed by atoms with Crippen molar-refractivity contribution in [3.05, 3.63) is 83.9 Å². The first-order valence-electron chi connectivity index (χ1n) is 10.2. The summed E-state index contributed by atoms with van der Waals surface area (Å²) in [6.45, 7) is 2.07. The highest BCUT2D eigenvalue weighted by molar-refractivity contribution is 5.85. The average molecular weight is 417 g/mol. The predicted octanol–water partition coefficient (Wildman–Crippen LogP) is 4.99. The Bertz CT molecular complexity index is 1050. The Balaban J connectivity index is 1.37. The largest absolute Gasteiger partial charge is 0.482 e. The third-order valence-electron chi connectivity index (χ3n) is 5.09. The van der Waals surface area contributed by atoms with E-state index in [-0.39, 0.29) is 19.1 Å². The summed E-state index contributed by atoms with van der Waals surface area (Å²) in [6, 6.07) is 23.1. The molecule has 1 N–H and O–H groups in total. The lowest BCUT2D eigenvalue weighted by Gasteiger charge is -2.15. The van der Waals surface area contributed by atoms with Gasteiger partial charge in [-0.15, -0.1) is 0 Å². The number of hydrogen-bond acceptors (Lipinski definition) is 5. The van der Waals surface area contributed by atoms with Crippen LogP contribution in [-0.2, 0) is 14.3 Å². The summed E-state index contributed by atoms with van der Waals surface area (Å²) in [5.41, 5.74) is 5.19. The molecule has 0 saturated carbocycles. The Morgan fingerprint density at radius 1 is 0.871 bits per heavy atom. The van der Waals surface area contributed by atoms with Gasteiger partial charge in [-0.1, -0.05) is 54.6 Å². The number of hydrogen-bond donors (Lipinski definition) is 1. The molecule has 6 nitrogen and oxygen atoms in total. The maximum Gasteiger partial charge on any atom is 0.411 e. The molecule has 1 aliphatic carbocycles. The highest BCUT2D eigenvalue weighted by atomic mass is 16.6. The van der Waals surface area contributed by atoms with Crippen LogP contribution >= 0.6 is 0 Å². The first kappa shape index (κ1) is 20.5. The molecule has 0 saturated heterocycles. The van der Waals surface area contributed by atoms with Crippen LogP contribution < -0.4 is 10.1 Å². The maximum atomic E-state index is 12.4. The summed E-state index contributed by atoms with van der Waals surface area (Å²) in [4.78, 5) is 23.8. The van der Waals surface area contributed by atoms with E-state index in [1.165, 1.54) is 11.1 Å². The van der Waals surface area contributed by atoms with Crippen molar-refractivity contribution >= 4 is 17.7 Å². The predicted molar refractivity (Wildman–Crippen MR) is 117 cm³/mol. The van der Waals surface area contributed by atoms with E-state index in [0.29, 0.717) is 18.0 Å². The fourth-order valence-corrected chi connectivity index (χ4v) is 3.76. The molecule has 0 aliphatic heterocycles. The first-order valence-corrected chi connectivity index (χ1v) is 10.2. The van der Waals surface area contributed by atoms with Gasteiger partial charge in [-0.3, -0.25) is 5.32 Å². The fraction of sp³-hybridized carbons (Fsp3) is 0.200. The van der Waals surface area contributed by atoms with Gasteiger partial charge in [-0.25, -0.2) is 9.59 Å². The summed E-state index contributed by atoms with van der Waals surface area (Å²) in [5.74, 6) is -0.000653. The molecule has 4 rings (SSSR count). The van der Waals surface area contributed by atoms with E-state index < -0.39 is 12.1 Å². The van der Waals surface area contributed by atoms with Crippen molar-refractivity contribution in [1.29, 1.82) is 0 Å². The molecule has 6 heteroatoms. The number of anilines is 1. The Morgan fingerprint density at radius 2 is 1.55 bits per heavy atom. The number of ether oxygens (including phenoxy) is 3. The normalized spacial score (nSPS) is 11.9. The zero-order valence-corrected chi connectivity index (χ0v) is 17.2. The van der Waals surface area contributed by atoms with Crippen LogP contribution in [0.2, 0.25) is 0 Å². The van der Waals surface area contributed by atoms with Crippen molar-refractivity contribution < 1.29 is 23.8 Å². The number of carbonyl (C=O) groups is 2. The SMILES string of the molecule is CCOC(=O)COc1cccc(NC(=O)OCC2c3ccccc3-c3ccccc32)c1. The molecule has 0 bridgehead atoms. The number of benzene rings is 3. The van der Waals surface area contributed by atoms with E-state index in [4.69, 9.17) is 14.2 Å². The van der Waals surface area contributed by atoms with Crippen molar-refractivity contribution in [3.63, 3.8) is 0 Å². The van der Waals surface area contributed by atoms with Gasteiger partial charge in [0.2, 0.25) is 0 Å². The molecule has 0 spiro atoms. The second-order valence-electron chi connectivity index (χ2n) is 7.07. The third-order valence-corrected chi connectivity index (χ3v) is 5.09. The zero-order chi connectivity index (χ0) is 21.6. The van der Waals surface area contributed by atoms with E-state index in [1.54, 1.807) is 31.2 Å².